The molecule has 3 rings (SSSR count). The highest BCUT2D eigenvalue weighted by Gasteiger charge is 2.65. The maximum absolute atomic E-state index is 12.8. The molecular weight excluding hydrogens is 444 g/mol. The summed E-state index contributed by atoms with van der Waals surface area (Å²) in [7, 11) is 0. The summed E-state index contributed by atoms with van der Waals surface area (Å²) in [5, 5.41) is 23.2. The fourth-order valence-electron chi connectivity index (χ4n) is 4.95. The molecule has 2 N–H and O–H groups in total. The third-order valence-electron chi connectivity index (χ3n) is 7.47. The molecule has 9 heteroatoms. The molecule has 0 amide bonds. The van der Waals surface area contributed by atoms with Crippen LogP contribution in [0.15, 0.2) is 23.8 Å². The monoisotopic (exact) mass is 480 g/mol. The van der Waals surface area contributed by atoms with Crippen molar-refractivity contribution in [2.45, 2.75) is 96.6 Å². The number of hydrogen-bond donors (Lipinski definition) is 2. The van der Waals surface area contributed by atoms with E-state index in [9.17, 15) is 24.6 Å². The van der Waals surface area contributed by atoms with Gasteiger partial charge in [-0.25, -0.2) is 9.59 Å². The standard InChI is InChI=1S/C25H36O9/c1-8-12(3)21(26)32-19-17-15(6)23(28)31-18(17)20(33-22(27)13(4)9-2)24(7,29)11-16-10-14(5)25(19,30)34-16/h8,13-14,16-20,29-30H,6,9-11H2,1-5,7H3. The normalized spacial score (nSPS) is 41.0. The van der Waals surface area contributed by atoms with Crippen molar-refractivity contribution >= 4 is 17.9 Å². The maximum atomic E-state index is 12.8. The zero-order valence-electron chi connectivity index (χ0n) is 20.7. The molecule has 0 aromatic rings. The van der Waals surface area contributed by atoms with Gasteiger partial charge in [-0.15, -0.1) is 0 Å². The fourth-order valence-corrected chi connectivity index (χ4v) is 4.95. The Balaban J connectivity index is 2.15. The lowest BCUT2D eigenvalue weighted by Gasteiger charge is -2.41. The molecule has 9 atom stereocenters. The Hall–Kier alpha value is -2.23. The van der Waals surface area contributed by atoms with Crippen LogP contribution in [0.25, 0.3) is 0 Å². The van der Waals surface area contributed by atoms with Crippen LogP contribution in [-0.4, -0.2) is 63.9 Å². The van der Waals surface area contributed by atoms with E-state index in [4.69, 9.17) is 18.9 Å². The largest absolute Gasteiger partial charge is 0.455 e. The van der Waals surface area contributed by atoms with Crippen LogP contribution in [-0.2, 0) is 33.3 Å². The van der Waals surface area contributed by atoms with Crippen molar-refractivity contribution in [3.63, 3.8) is 0 Å². The van der Waals surface area contributed by atoms with Gasteiger partial charge in [0.1, 0.15) is 5.60 Å². The summed E-state index contributed by atoms with van der Waals surface area (Å²) in [6, 6.07) is 0. The molecular formula is C25H36O9. The minimum absolute atomic E-state index is 0.0000930. The molecule has 3 heterocycles. The van der Waals surface area contributed by atoms with Gasteiger partial charge in [-0.1, -0.05) is 33.4 Å². The molecule has 2 bridgehead atoms. The molecule has 3 fully saturated rings. The number of rotatable bonds is 5. The molecule has 0 aliphatic carbocycles. The molecule has 3 aliphatic heterocycles. The van der Waals surface area contributed by atoms with Crippen LogP contribution in [0.1, 0.15) is 60.8 Å². The van der Waals surface area contributed by atoms with Gasteiger partial charge in [0.25, 0.3) is 0 Å². The fraction of sp³-hybridized carbons (Fsp3) is 0.720. The molecule has 0 aromatic carbocycles. The second-order valence-electron chi connectivity index (χ2n) is 10.1. The number of ether oxygens (including phenoxy) is 4. The van der Waals surface area contributed by atoms with Crippen molar-refractivity contribution in [2.75, 3.05) is 0 Å². The number of carbonyl (C=O) groups excluding carboxylic acids is 3. The first kappa shape index (κ1) is 26.4. The first-order valence-electron chi connectivity index (χ1n) is 11.8. The summed E-state index contributed by atoms with van der Waals surface area (Å²) in [5.41, 5.74) is -1.44. The average molecular weight is 481 g/mol. The van der Waals surface area contributed by atoms with Crippen LogP contribution in [0.5, 0.6) is 0 Å². The number of esters is 3. The van der Waals surface area contributed by atoms with Gasteiger partial charge in [0.15, 0.2) is 18.3 Å². The predicted octanol–water partition coefficient (Wildman–Crippen LogP) is 2.19. The Morgan fingerprint density at radius 3 is 2.53 bits per heavy atom. The maximum Gasteiger partial charge on any atom is 0.334 e. The zero-order valence-corrected chi connectivity index (χ0v) is 20.7. The summed E-state index contributed by atoms with van der Waals surface area (Å²) in [4.78, 5) is 38.2. The Bertz CT molecular complexity index is 891. The van der Waals surface area contributed by atoms with E-state index in [1.165, 1.54) is 6.92 Å². The first-order valence-corrected chi connectivity index (χ1v) is 11.8. The van der Waals surface area contributed by atoms with Crippen molar-refractivity contribution in [1.82, 2.24) is 0 Å². The van der Waals surface area contributed by atoms with Gasteiger partial charge in [-0.2, -0.15) is 0 Å². The molecule has 9 nitrogen and oxygen atoms in total. The zero-order chi connectivity index (χ0) is 25.6. The summed E-state index contributed by atoms with van der Waals surface area (Å²) >= 11 is 0. The minimum atomic E-state index is -1.97. The highest BCUT2D eigenvalue weighted by Crippen LogP contribution is 2.50. The summed E-state index contributed by atoms with van der Waals surface area (Å²) in [5.74, 6) is -6.09. The van der Waals surface area contributed by atoms with Crippen LogP contribution in [0.4, 0.5) is 0 Å². The topological polar surface area (TPSA) is 129 Å². The van der Waals surface area contributed by atoms with Gasteiger partial charge in [0.2, 0.25) is 5.79 Å². The first-order chi connectivity index (χ1) is 15.8. The van der Waals surface area contributed by atoms with E-state index in [0.29, 0.717) is 18.4 Å². The third kappa shape index (κ3) is 4.53. The predicted molar refractivity (Wildman–Crippen MR) is 120 cm³/mol. The van der Waals surface area contributed by atoms with Crippen molar-refractivity contribution in [1.29, 1.82) is 0 Å². The molecule has 0 spiro atoms. The third-order valence-corrected chi connectivity index (χ3v) is 7.47. The molecule has 0 saturated carbocycles. The van der Waals surface area contributed by atoms with Crippen LogP contribution >= 0.6 is 0 Å². The molecule has 9 unspecified atom stereocenters. The van der Waals surface area contributed by atoms with Crippen molar-refractivity contribution < 1.29 is 43.5 Å². The van der Waals surface area contributed by atoms with Gasteiger partial charge in [0, 0.05) is 23.5 Å². The average Bonchev–Trinajstić information content (AvgIpc) is 3.22. The van der Waals surface area contributed by atoms with Crippen molar-refractivity contribution in [3.05, 3.63) is 23.8 Å². The number of hydrogen-bond acceptors (Lipinski definition) is 9. The van der Waals surface area contributed by atoms with Crippen LogP contribution in [0, 0.1) is 17.8 Å². The molecule has 0 radical (unpaired) electrons. The highest BCUT2D eigenvalue weighted by molar-refractivity contribution is 5.92. The minimum Gasteiger partial charge on any atom is -0.455 e. The Kier molecular flexibility index (Phi) is 7.32. The SMILES string of the molecule is C=C1C(=O)OC2C1C(OC(=O)C(C)=CC)C1(O)OC(CC1C)CC(C)(O)C2OC(=O)C(C)CC. The van der Waals surface area contributed by atoms with Gasteiger partial charge >= 0.3 is 17.9 Å². The molecule has 190 valence electrons. The van der Waals surface area contributed by atoms with E-state index in [1.54, 1.807) is 33.8 Å². The summed E-state index contributed by atoms with van der Waals surface area (Å²) in [6.45, 7) is 13.8. The van der Waals surface area contributed by atoms with E-state index < -0.39 is 71.5 Å². The Morgan fingerprint density at radius 1 is 1.29 bits per heavy atom. The van der Waals surface area contributed by atoms with Crippen LogP contribution < -0.4 is 0 Å². The number of carbonyl (C=O) groups is 3. The lowest BCUT2D eigenvalue weighted by atomic mass is 9.75. The summed E-state index contributed by atoms with van der Waals surface area (Å²) in [6.07, 6.45) is -2.12. The number of aliphatic hydroxyl groups is 2. The number of fused-ring (bicyclic) bond motifs is 3. The van der Waals surface area contributed by atoms with Crippen molar-refractivity contribution in [3.8, 4) is 0 Å². The lowest BCUT2D eigenvalue weighted by molar-refractivity contribution is -0.277. The van der Waals surface area contributed by atoms with Gasteiger partial charge in [-0.3, -0.25) is 4.79 Å². The van der Waals surface area contributed by atoms with Gasteiger partial charge in [-0.05, 0) is 33.6 Å². The molecule has 3 aliphatic rings. The Labute approximate surface area is 200 Å². The molecule has 34 heavy (non-hydrogen) atoms. The smallest absolute Gasteiger partial charge is 0.334 e. The highest BCUT2D eigenvalue weighted by atomic mass is 16.7. The van der Waals surface area contributed by atoms with Crippen molar-refractivity contribution in [2.24, 2.45) is 17.8 Å². The molecule has 0 aromatic heterocycles. The second-order valence-corrected chi connectivity index (χ2v) is 10.1. The molecule has 3 saturated heterocycles. The van der Waals surface area contributed by atoms with Gasteiger partial charge in [0.05, 0.1) is 17.9 Å². The van der Waals surface area contributed by atoms with E-state index in [0.717, 1.165) is 0 Å². The van der Waals surface area contributed by atoms with E-state index in [1.807, 2.05) is 6.92 Å². The second kappa shape index (κ2) is 9.43. The van der Waals surface area contributed by atoms with E-state index in [-0.39, 0.29) is 12.0 Å². The summed E-state index contributed by atoms with van der Waals surface area (Å²) < 4.78 is 23.1. The lowest BCUT2D eigenvalue weighted by Crippen LogP contribution is -2.58. The quantitative estimate of drug-likeness (QED) is 0.346. The Morgan fingerprint density at radius 2 is 1.94 bits per heavy atom. The number of allylic oxidation sites excluding steroid dienone is 1. The van der Waals surface area contributed by atoms with E-state index in [2.05, 4.69) is 6.58 Å². The van der Waals surface area contributed by atoms with Crippen LogP contribution in [0.3, 0.4) is 0 Å². The van der Waals surface area contributed by atoms with E-state index >= 15 is 0 Å². The van der Waals surface area contributed by atoms with Gasteiger partial charge < -0.3 is 29.2 Å². The van der Waals surface area contributed by atoms with Crippen LogP contribution in [0.2, 0.25) is 0 Å².